The summed E-state index contributed by atoms with van der Waals surface area (Å²) in [6.07, 6.45) is 2.00. The van der Waals surface area contributed by atoms with Crippen molar-refractivity contribution in [3.63, 3.8) is 0 Å². The van der Waals surface area contributed by atoms with Crippen LogP contribution in [0.4, 0.5) is 5.69 Å². The van der Waals surface area contributed by atoms with Gasteiger partial charge in [0.15, 0.2) is 0 Å². The van der Waals surface area contributed by atoms with E-state index in [2.05, 4.69) is 4.72 Å². The van der Waals surface area contributed by atoms with Crippen LogP contribution in [-0.2, 0) is 10.0 Å². The summed E-state index contributed by atoms with van der Waals surface area (Å²) in [6.45, 7) is 0. The van der Waals surface area contributed by atoms with Crippen LogP contribution >= 0.6 is 11.6 Å². The number of anilines is 1. The van der Waals surface area contributed by atoms with Gasteiger partial charge < -0.3 is 5.11 Å². The molecule has 1 aliphatic carbocycles. The van der Waals surface area contributed by atoms with Gasteiger partial charge in [0.1, 0.15) is 5.25 Å². The lowest BCUT2D eigenvalue weighted by molar-refractivity contribution is 0.133. The van der Waals surface area contributed by atoms with Gasteiger partial charge in [-0.15, -0.1) is 0 Å². The Morgan fingerprint density at radius 2 is 1.78 bits per heavy atom. The Morgan fingerprint density at radius 1 is 1.17 bits per heavy atom. The largest absolute Gasteiger partial charge is 0.392 e. The summed E-state index contributed by atoms with van der Waals surface area (Å²) in [4.78, 5) is 0. The summed E-state index contributed by atoms with van der Waals surface area (Å²) < 4.78 is 26.8. The SMILES string of the molecule is O=S(=O)(Nc1ccc(Cl)cc1)[C@@H]1CCCC[C@@H]1O. The van der Waals surface area contributed by atoms with Crippen LogP contribution in [0.2, 0.25) is 5.02 Å². The second kappa shape index (κ2) is 5.47. The summed E-state index contributed by atoms with van der Waals surface area (Å²) in [5, 5.41) is 9.62. The average Bonchev–Trinajstić information content (AvgIpc) is 2.32. The van der Waals surface area contributed by atoms with Gasteiger partial charge >= 0.3 is 0 Å². The molecule has 0 aromatic heterocycles. The van der Waals surface area contributed by atoms with Crippen molar-refractivity contribution in [1.82, 2.24) is 0 Å². The third-order valence-corrected chi connectivity index (χ3v) is 5.29. The zero-order chi connectivity index (χ0) is 13.2. The molecule has 0 bridgehead atoms. The van der Waals surface area contributed by atoms with E-state index in [1.165, 1.54) is 0 Å². The summed E-state index contributed by atoms with van der Waals surface area (Å²) >= 11 is 5.74. The van der Waals surface area contributed by atoms with Crippen molar-refractivity contribution in [3.8, 4) is 0 Å². The van der Waals surface area contributed by atoms with Crippen LogP contribution in [0.5, 0.6) is 0 Å². The quantitative estimate of drug-likeness (QED) is 0.898. The summed E-state index contributed by atoms with van der Waals surface area (Å²) in [5.41, 5.74) is 0.470. The summed E-state index contributed by atoms with van der Waals surface area (Å²) in [7, 11) is -3.54. The van der Waals surface area contributed by atoms with Gasteiger partial charge in [0, 0.05) is 10.7 Å². The lowest BCUT2D eigenvalue weighted by atomic mass is 9.97. The maximum absolute atomic E-state index is 12.1. The van der Waals surface area contributed by atoms with Crippen molar-refractivity contribution >= 4 is 27.3 Å². The van der Waals surface area contributed by atoms with Crippen molar-refractivity contribution in [1.29, 1.82) is 0 Å². The molecule has 2 N–H and O–H groups in total. The molecule has 2 atom stereocenters. The lowest BCUT2D eigenvalue weighted by Gasteiger charge is -2.27. The number of nitrogens with one attached hydrogen (secondary N) is 1. The van der Waals surface area contributed by atoms with E-state index in [1.54, 1.807) is 24.3 Å². The molecule has 1 fully saturated rings. The van der Waals surface area contributed by atoms with Crippen LogP contribution in [0.3, 0.4) is 0 Å². The fourth-order valence-electron chi connectivity index (χ4n) is 2.20. The molecule has 6 heteroatoms. The number of aliphatic hydroxyl groups is 1. The van der Waals surface area contributed by atoms with E-state index in [0.717, 1.165) is 12.8 Å². The second-order valence-corrected chi connectivity index (χ2v) is 6.88. The molecule has 0 radical (unpaired) electrons. The average molecular weight is 290 g/mol. The summed E-state index contributed by atoms with van der Waals surface area (Å²) in [5.74, 6) is 0. The fraction of sp³-hybridized carbons (Fsp3) is 0.500. The van der Waals surface area contributed by atoms with Gasteiger partial charge in [0.25, 0.3) is 0 Å². The van der Waals surface area contributed by atoms with Gasteiger partial charge in [-0.2, -0.15) is 0 Å². The molecular formula is C12H16ClNO3S. The molecule has 2 rings (SSSR count). The third-order valence-electron chi connectivity index (χ3n) is 3.17. The van der Waals surface area contributed by atoms with E-state index in [0.29, 0.717) is 23.6 Å². The van der Waals surface area contributed by atoms with Crippen molar-refractivity contribution in [2.75, 3.05) is 4.72 Å². The smallest absolute Gasteiger partial charge is 0.238 e. The van der Waals surface area contributed by atoms with Gasteiger partial charge in [-0.05, 0) is 37.1 Å². The monoisotopic (exact) mass is 289 g/mol. The fourth-order valence-corrected chi connectivity index (χ4v) is 3.97. The first-order chi connectivity index (χ1) is 8.49. The summed E-state index contributed by atoms with van der Waals surface area (Å²) in [6, 6.07) is 6.46. The lowest BCUT2D eigenvalue weighted by Crippen LogP contribution is -2.40. The van der Waals surface area contributed by atoms with Crippen molar-refractivity contribution in [2.45, 2.75) is 37.0 Å². The number of halogens is 1. The first kappa shape index (κ1) is 13.6. The van der Waals surface area contributed by atoms with E-state index in [1.807, 2.05) is 0 Å². The molecule has 1 aliphatic rings. The Balaban J connectivity index is 2.13. The minimum absolute atomic E-state index is 0.470. The Hall–Kier alpha value is -0.780. The number of hydrogen-bond acceptors (Lipinski definition) is 3. The predicted octanol–water partition coefficient (Wildman–Crippen LogP) is 2.39. The molecule has 1 saturated carbocycles. The van der Waals surface area contributed by atoms with Gasteiger partial charge in [0.2, 0.25) is 10.0 Å². The molecule has 0 amide bonds. The van der Waals surface area contributed by atoms with E-state index in [9.17, 15) is 13.5 Å². The highest BCUT2D eigenvalue weighted by Gasteiger charge is 2.34. The Bertz CT molecular complexity index is 501. The van der Waals surface area contributed by atoms with E-state index in [-0.39, 0.29) is 0 Å². The van der Waals surface area contributed by atoms with Crippen molar-refractivity contribution in [3.05, 3.63) is 29.3 Å². The number of benzene rings is 1. The molecule has 100 valence electrons. The number of sulfonamides is 1. The molecule has 4 nitrogen and oxygen atoms in total. The zero-order valence-electron chi connectivity index (χ0n) is 9.84. The number of hydrogen-bond donors (Lipinski definition) is 2. The van der Waals surface area contributed by atoms with Gasteiger partial charge in [-0.25, -0.2) is 8.42 Å². The molecular weight excluding hydrogens is 274 g/mol. The van der Waals surface area contributed by atoms with Gasteiger partial charge in [-0.1, -0.05) is 24.4 Å². The van der Waals surface area contributed by atoms with E-state index in [4.69, 9.17) is 11.6 Å². The molecule has 0 heterocycles. The van der Waals surface area contributed by atoms with Gasteiger partial charge in [-0.3, -0.25) is 4.72 Å². The molecule has 18 heavy (non-hydrogen) atoms. The van der Waals surface area contributed by atoms with Crippen LogP contribution in [0.25, 0.3) is 0 Å². The first-order valence-electron chi connectivity index (χ1n) is 5.94. The molecule has 1 aromatic rings. The van der Waals surface area contributed by atoms with Crippen LogP contribution < -0.4 is 4.72 Å². The highest BCUT2D eigenvalue weighted by molar-refractivity contribution is 7.93. The molecule has 0 unspecified atom stereocenters. The third kappa shape index (κ3) is 3.16. The van der Waals surface area contributed by atoms with Crippen LogP contribution in [0.1, 0.15) is 25.7 Å². The maximum atomic E-state index is 12.1. The number of aliphatic hydroxyl groups excluding tert-OH is 1. The predicted molar refractivity (Wildman–Crippen MR) is 72.3 cm³/mol. The topological polar surface area (TPSA) is 66.4 Å². The Morgan fingerprint density at radius 3 is 2.39 bits per heavy atom. The number of rotatable bonds is 3. The second-order valence-electron chi connectivity index (χ2n) is 4.54. The molecule has 1 aromatic carbocycles. The first-order valence-corrected chi connectivity index (χ1v) is 7.87. The van der Waals surface area contributed by atoms with Crippen molar-refractivity contribution in [2.24, 2.45) is 0 Å². The van der Waals surface area contributed by atoms with Crippen LogP contribution in [0, 0.1) is 0 Å². The Labute approximate surface area is 112 Å². The van der Waals surface area contributed by atoms with Crippen LogP contribution in [-0.4, -0.2) is 24.9 Å². The minimum Gasteiger partial charge on any atom is -0.392 e. The van der Waals surface area contributed by atoms with Gasteiger partial charge in [0.05, 0.1) is 6.10 Å². The van der Waals surface area contributed by atoms with E-state index < -0.39 is 21.4 Å². The highest BCUT2D eigenvalue weighted by Crippen LogP contribution is 2.26. The maximum Gasteiger partial charge on any atom is 0.238 e. The molecule has 0 aliphatic heterocycles. The standard InChI is InChI=1S/C12H16ClNO3S/c13-9-5-7-10(8-6-9)14-18(16,17)12-4-2-1-3-11(12)15/h5-8,11-12,14-15H,1-4H2/t11-,12+/m0/s1. The minimum atomic E-state index is -3.54. The Kier molecular flexibility index (Phi) is 4.14. The zero-order valence-corrected chi connectivity index (χ0v) is 11.4. The normalized spacial score (nSPS) is 24.8. The van der Waals surface area contributed by atoms with Crippen LogP contribution in [0.15, 0.2) is 24.3 Å². The molecule has 0 spiro atoms. The van der Waals surface area contributed by atoms with E-state index >= 15 is 0 Å². The molecule has 0 saturated heterocycles. The van der Waals surface area contributed by atoms with Crippen molar-refractivity contribution < 1.29 is 13.5 Å². The highest BCUT2D eigenvalue weighted by atomic mass is 35.5.